The van der Waals surface area contributed by atoms with Crippen molar-refractivity contribution < 1.29 is 18.7 Å². The van der Waals surface area contributed by atoms with Crippen LogP contribution in [0.4, 0.5) is 0 Å². The fourth-order valence-electron chi connectivity index (χ4n) is 3.66. The topological polar surface area (TPSA) is 89.7 Å². The lowest BCUT2D eigenvalue weighted by molar-refractivity contribution is 0.0914. The van der Waals surface area contributed by atoms with Crippen LogP contribution in [0.3, 0.4) is 0 Å². The van der Waals surface area contributed by atoms with Gasteiger partial charge in [0.05, 0.1) is 19.9 Å². The van der Waals surface area contributed by atoms with Gasteiger partial charge in [-0.05, 0) is 35.4 Å². The number of methoxy groups -OCH3 is 2. The van der Waals surface area contributed by atoms with Gasteiger partial charge in [0.15, 0.2) is 11.5 Å². The van der Waals surface area contributed by atoms with Gasteiger partial charge in [0, 0.05) is 51.4 Å². The average Bonchev–Trinajstić information content (AvgIpc) is 3.14. The number of benzene rings is 1. The summed E-state index contributed by atoms with van der Waals surface area (Å²) in [5, 5.41) is 2.85. The van der Waals surface area contributed by atoms with Crippen LogP contribution in [0.25, 0.3) is 0 Å². The molecule has 1 aliphatic rings. The van der Waals surface area contributed by atoms with Crippen LogP contribution >= 0.6 is 0 Å². The Kier molecular flexibility index (Phi) is 6.47. The highest BCUT2D eigenvalue weighted by atomic mass is 16.5. The van der Waals surface area contributed by atoms with E-state index in [2.05, 4.69) is 20.2 Å². The van der Waals surface area contributed by atoms with Crippen molar-refractivity contribution in [1.29, 1.82) is 0 Å². The Morgan fingerprint density at radius 1 is 1.06 bits per heavy atom. The summed E-state index contributed by atoms with van der Waals surface area (Å²) in [4.78, 5) is 23.2. The molecule has 4 rings (SSSR count). The molecule has 0 aliphatic carbocycles. The number of ether oxygens (including phenoxy) is 2. The molecule has 0 saturated heterocycles. The second-order valence-corrected chi connectivity index (χ2v) is 7.39. The number of oxazole rings is 1. The van der Waals surface area contributed by atoms with Gasteiger partial charge >= 0.3 is 5.91 Å². The van der Waals surface area contributed by atoms with Crippen molar-refractivity contribution in [3.8, 4) is 11.5 Å². The highest BCUT2D eigenvalue weighted by Crippen LogP contribution is 2.28. The number of rotatable bonds is 7. The standard InChI is InChI=1S/C23H26N4O4/c1-29-20-4-3-17(13-21(20)30-2)15-27-11-7-18-19(8-12-27)31-23(26-18)22(28)25-14-16-5-9-24-10-6-16/h3-6,9-10,13H,7-8,11-12,14-15H2,1-2H3,(H,25,28). The van der Waals surface area contributed by atoms with Gasteiger partial charge in [0.1, 0.15) is 5.76 Å². The minimum atomic E-state index is -0.299. The maximum atomic E-state index is 12.4. The normalized spacial score (nSPS) is 13.9. The number of nitrogens with zero attached hydrogens (tertiary/aromatic N) is 3. The summed E-state index contributed by atoms with van der Waals surface area (Å²) < 4.78 is 16.5. The monoisotopic (exact) mass is 422 g/mol. The molecule has 2 aromatic heterocycles. The maximum absolute atomic E-state index is 12.4. The molecule has 0 unspecified atom stereocenters. The first kappa shape index (κ1) is 20.9. The molecule has 31 heavy (non-hydrogen) atoms. The molecule has 0 saturated carbocycles. The third kappa shape index (κ3) is 5.03. The smallest absolute Gasteiger partial charge is 0.307 e. The summed E-state index contributed by atoms with van der Waals surface area (Å²) in [5.74, 6) is 2.08. The number of hydrogen-bond donors (Lipinski definition) is 1. The Balaban J connectivity index is 1.35. The van der Waals surface area contributed by atoms with Crippen LogP contribution in [0, 0.1) is 0 Å². The van der Waals surface area contributed by atoms with Crippen molar-refractivity contribution in [2.24, 2.45) is 0 Å². The second kappa shape index (κ2) is 9.61. The van der Waals surface area contributed by atoms with Gasteiger partial charge in [-0.2, -0.15) is 0 Å². The molecule has 1 N–H and O–H groups in total. The van der Waals surface area contributed by atoms with Crippen molar-refractivity contribution in [1.82, 2.24) is 20.2 Å². The van der Waals surface area contributed by atoms with E-state index in [0.717, 1.165) is 60.1 Å². The number of carbonyl (C=O) groups excluding carboxylic acids is 1. The Labute approximate surface area is 181 Å². The molecule has 1 aliphatic heterocycles. The van der Waals surface area contributed by atoms with Gasteiger partial charge in [-0.25, -0.2) is 4.98 Å². The van der Waals surface area contributed by atoms with Crippen molar-refractivity contribution >= 4 is 5.91 Å². The maximum Gasteiger partial charge on any atom is 0.307 e. The zero-order valence-electron chi connectivity index (χ0n) is 17.8. The molecule has 162 valence electrons. The summed E-state index contributed by atoms with van der Waals surface area (Å²) in [5.41, 5.74) is 2.99. The highest BCUT2D eigenvalue weighted by molar-refractivity contribution is 5.89. The van der Waals surface area contributed by atoms with Gasteiger partial charge < -0.3 is 19.2 Å². The average molecular weight is 422 g/mol. The molecule has 3 aromatic rings. The van der Waals surface area contributed by atoms with Crippen LogP contribution in [-0.4, -0.2) is 48.1 Å². The van der Waals surface area contributed by atoms with Gasteiger partial charge in [0.25, 0.3) is 5.89 Å². The summed E-state index contributed by atoms with van der Waals surface area (Å²) in [7, 11) is 3.27. The highest BCUT2D eigenvalue weighted by Gasteiger charge is 2.23. The third-order valence-electron chi connectivity index (χ3n) is 5.35. The van der Waals surface area contributed by atoms with Gasteiger partial charge in [0.2, 0.25) is 0 Å². The van der Waals surface area contributed by atoms with Crippen LogP contribution in [-0.2, 0) is 25.9 Å². The largest absolute Gasteiger partial charge is 0.493 e. The Hall–Kier alpha value is -3.39. The molecule has 3 heterocycles. The zero-order valence-corrected chi connectivity index (χ0v) is 17.8. The van der Waals surface area contributed by atoms with Crippen molar-refractivity contribution in [2.75, 3.05) is 27.3 Å². The van der Waals surface area contributed by atoms with E-state index in [1.807, 2.05) is 30.3 Å². The van der Waals surface area contributed by atoms with E-state index in [0.29, 0.717) is 13.0 Å². The number of pyridine rings is 1. The van der Waals surface area contributed by atoms with Crippen molar-refractivity contribution in [3.05, 3.63) is 71.2 Å². The van der Waals surface area contributed by atoms with Crippen LogP contribution < -0.4 is 14.8 Å². The number of fused-ring (bicyclic) bond motifs is 1. The van der Waals surface area contributed by atoms with Crippen LogP contribution in [0.1, 0.15) is 33.3 Å². The molecular weight excluding hydrogens is 396 g/mol. The number of nitrogens with one attached hydrogen (secondary N) is 1. The van der Waals surface area contributed by atoms with Crippen LogP contribution in [0.2, 0.25) is 0 Å². The van der Waals surface area contributed by atoms with Gasteiger partial charge in [-0.15, -0.1) is 0 Å². The van der Waals surface area contributed by atoms with Gasteiger partial charge in [-0.1, -0.05) is 6.07 Å². The molecule has 1 aromatic carbocycles. The Bertz CT molecular complexity index is 1010. The fraction of sp³-hybridized carbons (Fsp3) is 0.348. The summed E-state index contributed by atoms with van der Waals surface area (Å²) in [6.45, 7) is 2.87. The third-order valence-corrected chi connectivity index (χ3v) is 5.35. The predicted molar refractivity (Wildman–Crippen MR) is 114 cm³/mol. The van der Waals surface area contributed by atoms with E-state index in [9.17, 15) is 4.79 Å². The predicted octanol–water partition coefficient (Wildman–Crippen LogP) is 2.62. The molecular formula is C23H26N4O4. The van der Waals surface area contributed by atoms with E-state index in [1.165, 1.54) is 0 Å². The van der Waals surface area contributed by atoms with Gasteiger partial charge in [-0.3, -0.25) is 14.7 Å². The molecule has 1 amide bonds. The zero-order chi connectivity index (χ0) is 21.6. The Morgan fingerprint density at radius 3 is 2.61 bits per heavy atom. The van der Waals surface area contributed by atoms with E-state index in [4.69, 9.17) is 13.9 Å². The van der Waals surface area contributed by atoms with E-state index >= 15 is 0 Å². The Morgan fingerprint density at radius 2 is 1.84 bits per heavy atom. The number of carbonyl (C=O) groups is 1. The molecule has 8 heteroatoms. The van der Waals surface area contributed by atoms with Crippen molar-refractivity contribution in [3.63, 3.8) is 0 Å². The number of amides is 1. The minimum Gasteiger partial charge on any atom is -0.493 e. The minimum absolute atomic E-state index is 0.132. The molecule has 0 radical (unpaired) electrons. The molecule has 0 atom stereocenters. The number of aromatic nitrogens is 2. The first-order valence-electron chi connectivity index (χ1n) is 10.2. The quantitative estimate of drug-likeness (QED) is 0.626. The molecule has 0 bridgehead atoms. The lowest BCUT2D eigenvalue weighted by atomic mass is 10.2. The van der Waals surface area contributed by atoms with E-state index in [-0.39, 0.29) is 11.8 Å². The SMILES string of the molecule is COc1ccc(CN2CCc3nc(C(=O)NCc4ccncc4)oc3CC2)cc1OC. The first-order valence-corrected chi connectivity index (χ1v) is 10.2. The van der Waals surface area contributed by atoms with Crippen molar-refractivity contribution in [2.45, 2.75) is 25.9 Å². The molecule has 0 fully saturated rings. The van der Waals surface area contributed by atoms with Crippen LogP contribution in [0.15, 0.2) is 47.1 Å². The second-order valence-electron chi connectivity index (χ2n) is 7.39. The fourth-order valence-corrected chi connectivity index (χ4v) is 3.66. The first-order chi connectivity index (χ1) is 15.2. The van der Waals surface area contributed by atoms with E-state index < -0.39 is 0 Å². The molecule has 0 spiro atoms. The lowest BCUT2D eigenvalue weighted by Crippen LogP contribution is -2.26. The van der Waals surface area contributed by atoms with Crippen LogP contribution in [0.5, 0.6) is 11.5 Å². The van der Waals surface area contributed by atoms with E-state index in [1.54, 1.807) is 26.6 Å². The lowest BCUT2D eigenvalue weighted by Gasteiger charge is -2.20. The number of hydrogen-bond acceptors (Lipinski definition) is 7. The molecule has 8 nitrogen and oxygen atoms in total. The summed E-state index contributed by atoms with van der Waals surface area (Å²) in [6.07, 6.45) is 4.85. The summed E-state index contributed by atoms with van der Waals surface area (Å²) in [6, 6.07) is 9.70. The summed E-state index contributed by atoms with van der Waals surface area (Å²) >= 11 is 0.